The van der Waals surface area contributed by atoms with Crippen molar-refractivity contribution in [3.05, 3.63) is 84.7 Å². The van der Waals surface area contributed by atoms with Gasteiger partial charge in [0, 0.05) is 18.0 Å². The highest BCUT2D eigenvalue weighted by Gasteiger charge is 2.10. The molecule has 0 aliphatic rings. The third-order valence-electron chi connectivity index (χ3n) is 3.05. The van der Waals surface area contributed by atoms with Gasteiger partial charge >= 0.3 is 0 Å². The molecule has 0 aliphatic carbocycles. The highest BCUT2D eigenvalue weighted by molar-refractivity contribution is 6.04. The van der Waals surface area contributed by atoms with Gasteiger partial charge < -0.3 is 10.1 Å². The number of nitrogens with one attached hydrogen (secondary N) is 1. The van der Waals surface area contributed by atoms with Gasteiger partial charge in [0.25, 0.3) is 5.91 Å². The molecule has 0 aliphatic heterocycles. The fraction of sp³-hybridized carbons (Fsp3) is 0. The van der Waals surface area contributed by atoms with E-state index >= 15 is 0 Å². The molecule has 22 heavy (non-hydrogen) atoms. The van der Waals surface area contributed by atoms with Gasteiger partial charge in [0.2, 0.25) is 0 Å². The number of ether oxygens (including phenoxy) is 1. The van der Waals surface area contributed by atoms with E-state index in [-0.39, 0.29) is 5.91 Å². The first-order chi connectivity index (χ1) is 10.8. The van der Waals surface area contributed by atoms with E-state index in [4.69, 9.17) is 4.74 Å². The van der Waals surface area contributed by atoms with Crippen LogP contribution in [-0.2, 0) is 0 Å². The Kier molecular flexibility index (Phi) is 4.11. The first kappa shape index (κ1) is 13.8. The van der Waals surface area contributed by atoms with Crippen LogP contribution in [0.25, 0.3) is 0 Å². The lowest BCUT2D eigenvalue weighted by atomic mass is 10.2. The Hall–Kier alpha value is -3.14. The van der Waals surface area contributed by atoms with Gasteiger partial charge in [0.15, 0.2) is 5.75 Å². The number of carbonyl (C=O) groups excluding carboxylic acids is 1. The first-order valence-electron chi connectivity index (χ1n) is 6.86. The van der Waals surface area contributed by atoms with Crippen molar-refractivity contribution in [1.82, 2.24) is 4.98 Å². The molecule has 0 radical (unpaired) electrons. The van der Waals surface area contributed by atoms with Gasteiger partial charge in [-0.2, -0.15) is 0 Å². The minimum Gasteiger partial charge on any atom is -0.455 e. The smallest absolute Gasteiger partial charge is 0.255 e. The van der Waals surface area contributed by atoms with Crippen LogP contribution < -0.4 is 10.1 Å². The number of anilines is 1. The van der Waals surface area contributed by atoms with Crippen LogP contribution in [0, 0.1) is 0 Å². The number of aromatic nitrogens is 1. The van der Waals surface area contributed by atoms with Crippen LogP contribution in [0.2, 0.25) is 0 Å². The molecule has 3 aromatic rings. The maximum atomic E-state index is 12.2. The van der Waals surface area contributed by atoms with Crippen molar-refractivity contribution in [1.29, 1.82) is 0 Å². The lowest BCUT2D eigenvalue weighted by Crippen LogP contribution is -2.12. The first-order valence-corrected chi connectivity index (χ1v) is 6.86. The van der Waals surface area contributed by atoms with E-state index in [1.807, 2.05) is 48.5 Å². The summed E-state index contributed by atoms with van der Waals surface area (Å²) in [6.07, 6.45) is 3.17. The molecule has 3 rings (SSSR count). The molecule has 0 saturated carbocycles. The molecule has 2 aromatic carbocycles. The number of pyridine rings is 1. The summed E-state index contributed by atoms with van der Waals surface area (Å²) in [5, 5.41) is 2.86. The summed E-state index contributed by atoms with van der Waals surface area (Å²) in [7, 11) is 0. The van der Waals surface area contributed by atoms with Gasteiger partial charge in [-0.05, 0) is 36.4 Å². The lowest BCUT2D eigenvalue weighted by Gasteiger charge is -2.12. The Bertz CT molecular complexity index is 758. The van der Waals surface area contributed by atoms with E-state index in [1.165, 1.54) is 0 Å². The van der Waals surface area contributed by atoms with Crippen LogP contribution >= 0.6 is 0 Å². The fourth-order valence-corrected chi connectivity index (χ4v) is 1.97. The standard InChI is InChI=1S/C18H14N2O2/c21-18(14-10-12-19-13-11-14)20-16-8-4-5-9-17(16)22-15-6-2-1-3-7-15/h1-13H,(H,20,21). The minimum atomic E-state index is -0.202. The molecule has 4 nitrogen and oxygen atoms in total. The van der Waals surface area contributed by atoms with Crippen LogP contribution in [0.1, 0.15) is 10.4 Å². The Morgan fingerprint density at radius 1 is 0.864 bits per heavy atom. The zero-order valence-corrected chi connectivity index (χ0v) is 11.8. The number of benzene rings is 2. The molecule has 0 saturated heterocycles. The van der Waals surface area contributed by atoms with Gasteiger partial charge in [-0.15, -0.1) is 0 Å². The molecule has 0 bridgehead atoms. The highest BCUT2D eigenvalue weighted by atomic mass is 16.5. The zero-order valence-electron chi connectivity index (χ0n) is 11.8. The van der Waals surface area contributed by atoms with E-state index in [0.717, 1.165) is 0 Å². The van der Waals surface area contributed by atoms with Crippen molar-refractivity contribution in [2.45, 2.75) is 0 Å². The molecule has 0 unspecified atom stereocenters. The quantitative estimate of drug-likeness (QED) is 0.786. The number of carbonyl (C=O) groups is 1. The van der Waals surface area contributed by atoms with Gasteiger partial charge in [-0.1, -0.05) is 30.3 Å². The van der Waals surface area contributed by atoms with Crippen LogP contribution in [0.15, 0.2) is 79.1 Å². The summed E-state index contributed by atoms with van der Waals surface area (Å²) in [6.45, 7) is 0. The van der Waals surface area contributed by atoms with Crippen molar-refractivity contribution >= 4 is 11.6 Å². The Morgan fingerprint density at radius 2 is 1.55 bits per heavy atom. The van der Waals surface area contributed by atoms with Crippen LogP contribution in [0.3, 0.4) is 0 Å². The molecule has 1 amide bonds. The Balaban J connectivity index is 1.81. The van der Waals surface area contributed by atoms with Gasteiger partial charge in [-0.25, -0.2) is 0 Å². The fourth-order valence-electron chi connectivity index (χ4n) is 1.97. The summed E-state index contributed by atoms with van der Waals surface area (Å²) in [5.41, 5.74) is 1.16. The van der Waals surface area contributed by atoms with Crippen LogP contribution in [0.4, 0.5) is 5.69 Å². The number of rotatable bonds is 4. The maximum Gasteiger partial charge on any atom is 0.255 e. The number of nitrogens with zero attached hydrogens (tertiary/aromatic N) is 1. The second kappa shape index (κ2) is 6.54. The van der Waals surface area contributed by atoms with Crippen molar-refractivity contribution in [3.8, 4) is 11.5 Å². The monoisotopic (exact) mass is 290 g/mol. The second-order valence-electron chi connectivity index (χ2n) is 4.60. The molecule has 1 N–H and O–H groups in total. The van der Waals surface area contributed by atoms with Crippen LogP contribution in [-0.4, -0.2) is 10.9 Å². The lowest BCUT2D eigenvalue weighted by molar-refractivity contribution is 0.102. The Labute approximate surface area is 128 Å². The number of hydrogen-bond acceptors (Lipinski definition) is 3. The predicted molar refractivity (Wildman–Crippen MR) is 85.1 cm³/mol. The van der Waals surface area contributed by atoms with E-state index in [2.05, 4.69) is 10.3 Å². The summed E-state index contributed by atoms with van der Waals surface area (Å²) in [6, 6.07) is 20.1. The summed E-state index contributed by atoms with van der Waals surface area (Å²) in [4.78, 5) is 16.1. The molecular formula is C18H14N2O2. The molecule has 1 heterocycles. The van der Waals surface area contributed by atoms with Crippen molar-refractivity contribution < 1.29 is 9.53 Å². The molecule has 0 fully saturated rings. The summed E-state index contributed by atoms with van der Waals surface area (Å²) in [5.74, 6) is 1.11. The van der Waals surface area contributed by atoms with E-state index in [0.29, 0.717) is 22.7 Å². The topological polar surface area (TPSA) is 51.2 Å². The summed E-state index contributed by atoms with van der Waals surface area (Å²) >= 11 is 0. The molecule has 108 valence electrons. The van der Waals surface area contributed by atoms with Crippen molar-refractivity contribution in [2.75, 3.05) is 5.32 Å². The van der Waals surface area contributed by atoms with Gasteiger partial charge in [0.05, 0.1) is 5.69 Å². The van der Waals surface area contributed by atoms with Gasteiger partial charge in [-0.3, -0.25) is 9.78 Å². The molecule has 4 heteroatoms. The maximum absolute atomic E-state index is 12.2. The normalized spacial score (nSPS) is 10.0. The molecule has 0 spiro atoms. The van der Waals surface area contributed by atoms with E-state index < -0.39 is 0 Å². The van der Waals surface area contributed by atoms with E-state index in [1.54, 1.807) is 30.6 Å². The number of para-hydroxylation sites is 3. The SMILES string of the molecule is O=C(Nc1ccccc1Oc1ccccc1)c1ccncc1. The number of hydrogen-bond donors (Lipinski definition) is 1. The number of amides is 1. The second-order valence-corrected chi connectivity index (χ2v) is 4.60. The Morgan fingerprint density at radius 3 is 2.32 bits per heavy atom. The average Bonchev–Trinajstić information content (AvgIpc) is 2.58. The summed E-state index contributed by atoms with van der Waals surface area (Å²) < 4.78 is 5.82. The molecular weight excluding hydrogens is 276 g/mol. The largest absolute Gasteiger partial charge is 0.455 e. The van der Waals surface area contributed by atoms with Gasteiger partial charge in [0.1, 0.15) is 5.75 Å². The van der Waals surface area contributed by atoms with Crippen LogP contribution in [0.5, 0.6) is 11.5 Å². The van der Waals surface area contributed by atoms with Crippen molar-refractivity contribution in [3.63, 3.8) is 0 Å². The predicted octanol–water partition coefficient (Wildman–Crippen LogP) is 4.13. The minimum absolute atomic E-state index is 0.202. The third-order valence-corrected chi connectivity index (χ3v) is 3.05. The third kappa shape index (κ3) is 3.30. The van der Waals surface area contributed by atoms with Crippen molar-refractivity contribution in [2.24, 2.45) is 0 Å². The molecule has 0 atom stereocenters. The highest BCUT2D eigenvalue weighted by Crippen LogP contribution is 2.29. The van der Waals surface area contributed by atoms with E-state index in [9.17, 15) is 4.79 Å². The molecule has 1 aromatic heterocycles. The zero-order chi connectivity index (χ0) is 15.2. The average molecular weight is 290 g/mol.